The minimum atomic E-state index is -0.456. The molecule has 2 aliphatic rings. The van der Waals surface area contributed by atoms with Crippen LogP contribution in [0, 0.1) is 0 Å². The Morgan fingerprint density at radius 2 is 1.97 bits per heavy atom. The molecule has 2 heterocycles. The molecule has 1 saturated heterocycles. The second-order valence-corrected chi connectivity index (χ2v) is 8.74. The van der Waals surface area contributed by atoms with Gasteiger partial charge in [0.1, 0.15) is 18.8 Å². The zero-order valence-electron chi connectivity index (χ0n) is 17.9. The van der Waals surface area contributed by atoms with Gasteiger partial charge in [-0.2, -0.15) is 0 Å². The van der Waals surface area contributed by atoms with Gasteiger partial charge in [0.25, 0.3) is 0 Å². The van der Waals surface area contributed by atoms with Gasteiger partial charge < -0.3 is 15.1 Å². The standard InChI is InChI=1S/C23H29ClFN5O/c1-16-2-7-20-21(16)22(28-15-27-20)29-10-12-30(13-11-29)23(31)19(14-26-9-8-25)17-3-5-18(24)6-4-17/h3-6,15-16,19,26H,2,7-14H2,1H3/t16-,19-/m1/s1. The van der Waals surface area contributed by atoms with E-state index in [1.807, 2.05) is 17.0 Å². The zero-order valence-corrected chi connectivity index (χ0v) is 18.6. The van der Waals surface area contributed by atoms with Gasteiger partial charge in [0.05, 0.1) is 5.92 Å². The minimum Gasteiger partial charge on any atom is -0.353 e. The first-order valence-corrected chi connectivity index (χ1v) is 11.4. The molecule has 0 saturated carbocycles. The summed E-state index contributed by atoms with van der Waals surface area (Å²) in [5.41, 5.74) is 3.33. The van der Waals surface area contributed by atoms with Crippen LogP contribution in [-0.2, 0) is 11.2 Å². The first kappa shape index (κ1) is 22.0. The molecule has 1 aliphatic carbocycles. The van der Waals surface area contributed by atoms with Crippen molar-refractivity contribution in [3.05, 3.63) is 52.4 Å². The molecule has 0 bridgehead atoms. The fraction of sp³-hybridized carbons (Fsp3) is 0.522. The Balaban J connectivity index is 1.45. The van der Waals surface area contributed by atoms with Crippen molar-refractivity contribution in [1.29, 1.82) is 0 Å². The van der Waals surface area contributed by atoms with E-state index in [0.29, 0.717) is 30.6 Å². The maximum Gasteiger partial charge on any atom is 0.231 e. The van der Waals surface area contributed by atoms with E-state index >= 15 is 0 Å². The number of halogens is 2. The van der Waals surface area contributed by atoms with E-state index in [9.17, 15) is 9.18 Å². The van der Waals surface area contributed by atoms with Crippen molar-refractivity contribution in [1.82, 2.24) is 20.2 Å². The number of anilines is 1. The van der Waals surface area contributed by atoms with Crippen molar-refractivity contribution in [2.24, 2.45) is 0 Å². The smallest absolute Gasteiger partial charge is 0.231 e. The predicted octanol–water partition coefficient (Wildman–Crippen LogP) is 3.17. The highest BCUT2D eigenvalue weighted by Crippen LogP contribution is 2.37. The average molecular weight is 446 g/mol. The summed E-state index contributed by atoms with van der Waals surface area (Å²) < 4.78 is 12.6. The minimum absolute atomic E-state index is 0.0645. The number of nitrogens with one attached hydrogen (secondary N) is 1. The summed E-state index contributed by atoms with van der Waals surface area (Å²) in [4.78, 5) is 26.6. The van der Waals surface area contributed by atoms with Crippen LogP contribution in [0.3, 0.4) is 0 Å². The van der Waals surface area contributed by atoms with Crippen LogP contribution in [0.4, 0.5) is 10.2 Å². The summed E-state index contributed by atoms with van der Waals surface area (Å²) in [6.45, 7) is 5.18. The Bertz CT molecular complexity index is 901. The lowest BCUT2D eigenvalue weighted by Gasteiger charge is -2.38. The number of carbonyl (C=O) groups excluding carboxylic acids is 1. The van der Waals surface area contributed by atoms with E-state index in [2.05, 4.69) is 27.1 Å². The van der Waals surface area contributed by atoms with Gasteiger partial charge in [-0.15, -0.1) is 0 Å². The predicted molar refractivity (Wildman–Crippen MR) is 121 cm³/mol. The molecule has 0 radical (unpaired) electrons. The van der Waals surface area contributed by atoms with Crippen molar-refractivity contribution in [3.63, 3.8) is 0 Å². The Hall–Kier alpha value is -2.25. The van der Waals surface area contributed by atoms with Crippen molar-refractivity contribution in [2.45, 2.75) is 31.6 Å². The molecule has 8 heteroatoms. The molecule has 166 valence electrons. The summed E-state index contributed by atoms with van der Waals surface area (Å²) in [5.74, 6) is 1.20. The lowest BCUT2D eigenvalue weighted by atomic mass is 9.97. The van der Waals surface area contributed by atoms with Gasteiger partial charge in [-0.25, -0.2) is 14.4 Å². The van der Waals surface area contributed by atoms with Crippen molar-refractivity contribution >= 4 is 23.3 Å². The molecule has 0 spiro atoms. The number of nitrogens with zero attached hydrogens (tertiary/aromatic N) is 4. The number of aryl methyl sites for hydroxylation is 1. The Morgan fingerprint density at radius 1 is 1.23 bits per heavy atom. The third kappa shape index (κ3) is 4.83. The summed E-state index contributed by atoms with van der Waals surface area (Å²) >= 11 is 6.02. The van der Waals surface area contributed by atoms with Gasteiger partial charge in [-0.1, -0.05) is 30.7 Å². The van der Waals surface area contributed by atoms with Crippen LogP contribution >= 0.6 is 11.6 Å². The van der Waals surface area contributed by atoms with Crippen LogP contribution in [0.5, 0.6) is 0 Å². The molecule has 1 aromatic heterocycles. The van der Waals surface area contributed by atoms with Crippen LogP contribution in [0.15, 0.2) is 30.6 Å². The van der Waals surface area contributed by atoms with E-state index in [-0.39, 0.29) is 18.4 Å². The zero-order chi connectivity index (χ0) is 21.8. The molecule has 1 fully saturated rings. The molecular formula is C23H29ClFN5O. The van der Waals surface area contributed by atoms with E-state index < -0.39 is 6.67 Å². The molecule has 1 aliphatic heterocycles. The topological polar surface area (TPSA) is 61.4 Å². The number of piperazine rings is 1. The second-order valence-electron chi connectivity index (χ2n) is 8.31. The monoisotopic (exact) mass is 445 g/mol. The molecule has 31 heavy (non-hydrogen) atoms. The fourth-order valence-electron chi connectivity index (χ4n) is 4.59. The van der Waals surface area contributed by atoms with Crippen LogP contribution in [0.1, 0.15) is 42.0 Å². The van der Waals surface area contributed by atoms with Gasteiger partial charge in [0, 0.05) is 55.5 Å². The average Bonchev–Trinajstić information content (AvgIpc) is 3.18. The number of hydrogen-bond acceptors (Lipinski definition) is 5. The third-order valence-electron chi connectivity index (χ3n) is 6.33. The maximum atomic E-state index is 13.4. The van der Waals surface area contributed by atoms with E-state index in [1.54, 1.807) is 18.5 Å². The highest BCUT2D eigenvalue weighted by atomic mass is 35.5. The van der Waals surface area contributed by atoms with Gasteiger partial charge in [0.15, 0.2) is 0 Å². The Morgan fingerprint density at radius 3 is 2.68 bits per heavy atom. The molecule has 0 unspecified atom stereocenters. The molecule has 1 aromatic carbocycles. The van der Waals surface area contributed by atoms with Gasteiger partial charge in [0.2, 0.25) is 5.91 Å². The summed E-state index contributed by atoms with van der Waals surface area (Å²) in [5, 5.41) is 3.68. The summed E-state index contributed by atoms with van der Waals surface area (Å²) in [7, 11) is 0. The fourth-order valence-corrected chi connectivity index (χ4v) is 4.72. The molecule has 6 nitrogen and oxygen atoms in total. The molecule has 1 amide bonds. The maximum absolute atomic E-state index is 13.4. The largest absolute Gasteiger partial charge is 0.353 e. The molecule has 2 aromatic rings. The molecule has 2 atom stereocenters. The van der Waals surface area contributed by atoms with E-state index in [4.69, 9.17) is 11.6 Å². The summed E-state index contributed by atoms with van der Waals surface area (Å²) in [6.07, 6.45) is 3.80. The van der Waals surface area contributed by atoms with Crippen molar-refractivity contribution in [3.8, 4) is 0 Å². The van der Waals surface area contributed by atoms with Crippen molar-refractivity contribution < 1.29 is 9.18 Å². The third-order valence-corrected chi connectivity index (χ3v) is 6.59. The molecule has 4 rings (SSSR count). The number of carbonyl (C=O) groups is 1. The number of amides is 1. The van der Waals surface area contributed by atoms with Crippen molar-refractivity contribution in [2.75, 3.05) is 50.8 Å². The van der Waals surface area contributed by atoms with Crippen LogP contribution < -0.4 is 10.2 Å². The number of aromatic nitrogens is 2. The highest BCUT2D eigenvalue weighted by molar-refractivity contribution is 6.30. The molecular weight excluding hydrogens is 417 g/mol. The number of alkyl halides is 1. The van der Waals surface area contributed by atoms with Gasteiger partial charge >= 0.3 is 0 Å². The first-order valence-electron chi connectivity index (χ1n) is 11.0. The molecule has 1 N–H and O–H groups in total. The van der Waals surface area contributed by atoms with Crippen LogP contribution in [-0.4, -0.2) is 66.7 Å². The lowest BCUT2D eigenvalue weighted by Crippen LogP contribution is -2.51. The Labute approximate surface area is 187 Å². The SMILES string of the molecule is C[C@@H]1CCc2ncnc(N3CCN(C(=O)[C@H](CNCCF)c4ccc(Cl)cc4)CC3)c21. The lowest BCUT2D eigenvalue weighted by molar-refractivity contribution is -0.133. The van der Waals surface area contributed by atoms with Crippen LogP contribution in [0.25, 0.3) is 0 Å². The first-order chi connectivity index (χ1) is 15.1. The van der Waals surface area contributed by atoms with E-state index in [1.165, 1.54) is 5.56 Å². The normalized spacial score (nSPS) is 19.4. The number of rotatable bonds is 7. The quantitative estimate of drug-likeness (QED) is 0.663. The summed E-state index contributed by atoms with van der Waals surface area (Å²) in [6, 6.07) is 7.34. The van der Waals surface area contributed by atoms with Gasteiger partial charge in [-0.05, 0) is 36.5 Å². The second kappa shape index (κ2) is 9.92. The Kier molecular flexibility index (Phi) is 7.02. The number of hydrogen-bond donors (Lipinski definition) is 1. The highest BCUT2D eigenvalue weighted by Gasteiger charge is 2.31. The van der Waals surface area contributed by atoms with Crippen LogP contribution in [0.2, 0.25) is 5.02 Å². The number of fused-ring (bicyclic) bond motifs is 1. The number of benzene rings is 1. The van der Waals surface area contributed by atoms with Gasteiger partial charge in [-0.3, -0.25) is 4.79 Å². The van der Waals surface area contributed by atoms with E-state index in [0.717, 1.165) is 43.0 Å².